The molecule has 73 valence electrons. The Morgan fingerprint density at radius 1 is 1.00 bits per heavy atom. The minimum absolute atomic E-state index is 0. The average Bonchev–Trinajstić information content (AvgIpc) is 2.29. The number of pyridine rings is 1. The molecule has 0 aliphatic carbocycles. The molecule has 0 atom stereocenters. The van der Waals surface area contributed by atoms with E-state index in [1.54, 1.807) is 0 Å². The Labute approximate surface area is 116 Å². The van der Waals surface area contributed by atoms with Crippen LogP contribution in [0.1, 0.15) is 11.3 Å². The fourth-order valence-corrected chi connectivity index (χ4v) is 1.40. The summed E-state index contributed by atoms with van der Waals surface area (Å²) in [5, 5.41) is 0. The number of rotatable bonds is 3. The van der Waals surface area contributed by atoms with Gasteiger partial charge in [-0.05, 0) is 18.4 Å². The summed E-state index contributed by atoms with van der Waals surface area (Å²) in [4.78, 5) is 4.24. The number of benzene rings is 1. The van der Waals surface area contributed by atoms with Gasteiger partial charge in [0.25, 0.3) is 0 Å². The Morgan fingerprint density at radius 2 is 1.80 bits per heavy atom. The van der Waals surface area contributed by atoms with Crippen molar-refractivity contribution in [2.75, 3.05) is 0 Å². The van der Waals surface area contributed by atoms with Gasteiger partial charge in [0.05, 0.1) is 0 Å². The van der Waals surface area contributed by atoms with Gasteiger partial charge < -0.3 is 4.98 Å². The van der Waals surface area contributed by atoms with Crippen LogP contribution in [-0.2, 0) is 45.6 Å². The van der Waals surface area contributed by atoms with Crippen molar-refractivity contribution in [2.45, 2.75) is 12.8 Å². The monoisotopic (exact) mass is 271 g/mol. The number of aryl methyl sites for hydroxylation is 2. The second kappa shape index (κ2) is 6.87. The van der Waals surface area contributed by atoms with Crippen molar-refractivity contribution in [2.24, 2.45) is 0 Å². The molecule has 1 radical (unpaired) electrons. The maximum Gasteiger partial charge on any atom is 0 e. The minimum atomic E-state index is 0. The van der Waals surface area contributed by atoms with E-state index in [1.807, 2.05) is 24.4 Å². The van der Waals surface area contributed by atoms with Gasteiger partial charge in [-0.2, -0.15) is 6.07 Å². The summed E-state index contributed by atoms with van der Waals surface area (Å²) >= 11 is 0. The van der Waals surface area contributed by atoms with Gasteiger partial charge in [0.15, 0.2) is 0 Å². The van der Waals surface area contributed by atoms with Crippen molar-refractivity contribution < 1.29 is 32.7 Å². The van der Waals surface area contributed by atoms with Crippen LogP contribution >= 0.6 is 0 Å². The van der Waals surface area contributed by atoms with Crippen molar-refractivity contribution in [3.8, 4) is 0 Å². The maximum atomic E-state index is 4.24. The van der Waals surface area contributed by atoms with E-state index in [4.69, 9.17) is 0 Å². The molecule has 0 amide bonds. The zero-order valence-electron chi connectivity index (χ0n) is 8.56. The Hall–Kier alpha value is -0.526. The number of nitrogens with zero attached hydrogens (tertiary/aromatic N) is 1. The molecule has 2 aromatic rings. The summed E-state index contributed by atoms with van der Waals surface area (Å²) in [7, 11) is 0. The summed E-state index contributed by atoms with van der Waals surface area (Å²) in [5.41, 5.74) is 2.39. The zero-order chi connectivity index (χ0) is 9.64. The van der Waals surface area contributed by atoms with Crippen LogP contribution in [0.5, 0.6) is 0 Å². The standard InChI is InChI=1S/C13H12N.Y/c1-2-6-12(7-3-1)9-10-13-8-4-5-11-14-13;/h1-7,11H,9-10H2;/q-1;. The van der Waals surface area contributed by atoms with E-state index >= 15 is 0 Å². The summed E-state index contributed by atoms with van der Waals surface area (Å²) in [5.74, 6) is 0. The predicted octanol–water partition coefficient (Wildman–Crippen LogP) is 2.66. The van der Waals surface area contributed by atoms with Crippen LogP contribution in [0, 0.1) is 6.07 Å². The van der Waals surface area contributed by atoms with Crippen molar-refractivity contribution in [1.82, 2.24) is 4.98 Å². The molecule has 1 aromatic carbocycles. The molecule has 0 unspecified atom stereocenters. The van der Waals surface area contributed by atoms with E-state index in [0.717, 1.165) is 18.5 Å². The molecule has 0 saturated carbocycles. The van der Waals surface area contributed by atoms with Crippen molar-refractivity contribution >= 4 is 0 Å². The van der Waals surface area contributed by atoms with E-state index in [9.17, 15) is 0 Å². The third-order valence-corrected chi connectivity index (χ3v) is 2.16. The SMILES string of the molecule is [Y].[c-]1cccnc1CCc1ccccc1. The van der Waals surface area contributed by atoms with Gasteiger partial charge in [0, 0.05) is 32.7 Å². The molecule has 0 bridgehead atoms. The Morgan fingerprint density at radius 3 is 2.47 bits per heavy atom. The van der Waals surface area contributed by atoms with Gasteiger partial charge in [-0.25, -0.2) is 12.1 Å². The molecule has 1 aromatic heterocycles. The number of hydrogen-bond acceptors (Lipinski definition) is 1. The first-order valence-corrected chi connectivity index (χ1v) is 4.80. The second-order valence-electron chi connectivity index (χ2n) is 3.21. The van der Waals surface area contributed by atoms with Crippen LogP contribution in [0.3, 0.4) is 0 Å². The van der Waals surface area contributed by atoms with Crippen LogP contribution in [0.2, 0.25) is 0 Å². The molecule has 2 heteroatoms. The number of aromatic nitrogens is 1. The molecule has 2 rings (SSSR count). The topological polar surface area (TPSA) is 12.9 Å². The van der Waals surface area contributed by atoms with Crippen LogP contribution < -0.4 is 0 Å². The zero-order valence-corrected chi connectivity index (χ0v) is 11.4. The van der Waals surface area contributed by atoms with Crippen molar-refractivity contribution in [3.63, 3.8) is 0 Å². The first-order valence-electron chi connectivity index (χ1n) is 4.80. The summed E-state index contributed by atoms with van der Waals surface area (Å²) in [6, 6.07) is 17.4. The van der Waals surface area contributed by atoms with E-state index in [-0.39, 0.29) is 32.7 Å². The second-order valence-corrected chi connectivity index (χ2v) is 3.21. The molecule has 0 N–H and O–H groups in total. The number of hydrogen-bond donors (Lipinski definition) is 0. The minimum Gasteiger partial charge on any atom is -0.301 e. The first-order chi connectivity index (χ1) is 6.95. The molecule has 0 aliphatic heterocycles. The van der Waals surface area contributed by atoms with Crippen LogP contribution in [0.25, 0.3) is 0 Å². The quantitative estimate of drug-likeness (QED) is 0.782. The Bertz CT molecular complexity index is 333. The van der Waals surface area contributed by atoms with Crippen molar-refractivity contribution in [3.05, 3.63) is 66.0 Å². The third kappa shape index (κ3) is 4.23. The van der Waals surface area contributed by atoms with Crippen molar-refractivity contribution in [1.29, 1.82) is 0 Å². The average molecular weight is 271 g/mol. The molecular weight excluding hydrogens is 259 g/mol. The summed E-state index contributed by atoms with van der Waals surface area (Å²) in [6.07, 6.45) is 3.82. The van der Waals surface area contributed by atoms with Gasteiger partial charge in [-0.1, -0.05) is 42.2 Å². The van der Waals surface area contributed by atoms with E-state index in [0.29, 0.717) is 0 Å². The first kappa shape index (κ1) is 12.5. The summed E-state index contributed by atoms with van der Waals surface area (Å²) < 4.78 is 0. The van der Waals surface area contributed by atoms with Gasteiger partial charge in [-0.3, -0.25) is 0 Å². The van der Waals surface area contributed by atoms with E-state index < -0.39 is 0 Å². The molecule has 15 heavy (non-hydrogen) atoms. The molecule has 1 heterocycles. The fourth-order valence-electron chi connectivity index (χ4n) is 1.40. The van der Waals surface area contributed by atoms with E-state index in [1.165, 1.54) is 5.56 Å². The van der Waals surface area contributed by atoms with Crippen LogP contribution in [0.15, 0.2) is 48.7 Å². The largest absolute Gasteiger partial charge is 0.301 e. The Balaban J connectivity index is 0.00000112. The van der Waals surface area contributed by atoms with Gasteiger partial charge in [0.1, 0.15) is 0 Å². The normalized spacial score (nSPS) is 9.33. The smallest absolute Gasteiger partial charge is 0 e. The van der Waals surface area contributed by atoms with Gasteiger partial charge in [0.2, 0.25) is 0 Å². The van der Waals surface area contributed by atoms with Crippen LogP contribution in [0.4, 0.5) is 0 Å². The third-order valence-electron chi connectivity index (χ3n) is 2.16. The van der Waals surface area contributed by atoms with Gasteiger partial charge in [-0.15, -0.1) is 0 Å². The molecule has 0 saturated heterocycles. The molecule has 0 spiro atoms. The molecule has 1 nitrogen and oxygen atoms in total. The van der Waals surface area contributed by atoms with Crippen LogP contribution in [-0.4, -0.2) is 4.98 Å². The molecular formula is C13H12NY-. The molecule has 0 aliphatic rings. The maximum absolute atomic E-state index is 4.24. The molecule has 0 fully saturated rings. The predicted molar refractivity (Wildman–Crippen MR) is 56.9 cm³/mol. The summed E-state index contributed by atoms with van der Waals surface area (Å²) in [6.45, 7) is 0. The fraction of sp³-hybridized carbons (Fsp3) is 0.154. The van der Waals surface area contributed by atoms with Gasteiger partial charge >= 0.3 is 0 Å². The van der Waals surface area contributed by atoms with E-state index in [2.05, 4.69) is 35.3 Å². The Kier molecular flexibility index (Phi) is 5.74.